The molecule has 0 aliphatic carbocycles. The van der Waals surface area contributed by atoms with E-state index >= 15 is 0 Å². The average molecular weight is 266 g/mol. The summed E-state index contributed by atoms with van der Waals surface area (Å²) in [6.07, 6.45) is 1.60. The quantitative estimate of drug-likeness (QED) is 0.759. The Bertz CT molecular complexity index is 680. The Morgan fingerprint density at radius 1 is 1.05 bits per heavy atom. The lowest BCUT2D eigenvalue weighted by Gasteiger charge is -2.07. The van der Waals surface area contributed by atoms with Crippen molar-refractivity contribution in [3.63, 3.8) is 0 Å². The van der Waals surface area contributed by atoms with Crippen molar-refractivity contribution in [2.24, 2.45) is 0 Å². The van der Waals surface area contributed by atoms with Gasteiger partial charge >= 0.3 is 0 Å². The highest BCUT2D eigenvalue weighted by atomic mass is 16.3. The van der Waals surface area contributed by atoms with Crippen molar-refractivity contribution in [3.8, 4) is 11.5 Å². The van der Waals surface area contributed by atoms with Crippen LogP contribution >= 0.6 is 0 Å². The van der Waals surface area contributed by atoms with E-state index in [1.165, 1.54) is 5.56 Å². The van der Waals surface area contributed by atoms with Crippen molar-refractivity contribution in [1.29, 1.82) is 0 Å². The third kappa shape index (κ3) is 2.77. The minimum atomic E-state index is 0.217. The van der Waals surface area contributed by atoms with Gasteiger partial charge in [-0.2, -0.15) is 4.98 Å². The molecule has 3 N–H and O–H groups in total. The molecule has 5 heteroatoms. The zero-order valence-electron chi connectivity index (χ0n) is 10.8. The minimum absolute atomic E-state index is 0.217. The summed E-state index contributed by atoms with van der Waals surface area (Å²) in [4.78, 5) is 8.34. The van der Waals surface area contributed by atoms with Gasteiger partial charge in [0.15, 0.2) is 5.76 Å². The number of nitrogens with two attached hydrogens (primary N) is 1. The Balaban J connectivity index is 1.80. The highest BCUT2D eigenvalue weighted by molar-refractivity contribution is 5.59. The van der Waals surface area contributed by atoms with Gasteiger partial charge < -0.3 is 15.5 Å². The fourth-order valence-corrected chi connectivity index (χ4v) is 1.90. The smallest absolute Gasteiger partial charge is 0.222 e. The topological polar surface area (TPSA) is 77.0 Å². The van der Waals surface area contributed by atoms with Gasteiger partial charge in [0.2, 0.25) is 5.95 Å². The fourth-order valence-electron chi connectivity index (χ4n) is 1.90. The van der Waals surface area contributed by atoms with Crippen LogP contribution in [0.4, 0.5) is 11.8 Å². The van der Waals surface area contributed by atoms with E-state index in [4.69, 9.17) is 10.2 Å². The number of rotatable bonds is 4. The maximum atomic E-state index is 5.73. The van der Waals surface area contributed by atoms with Crippen LogP contribution < -0.4 is 11.1 Å². The molecule has 2 heterocycles. The fraction of sp³-hybridized carbons (Fsp3) is 0.0667. The molecule has 0 unspecified atom stereocenters. The Morgan fingerprint density at radius 3 is 2.65 bits per heavy atom. The largest absolute Gasteiger partial charge is 0.463 e. The summed E-state index contributed by atoms with van der Waals surface area (Å²) in [6.45, 7) is 0.675. The number of aromatic nitrogens is 2. The Morgan fingerprint density at radius 2 is 1.90 bits per heavy atom. The SMILES string of the molecule is Nc1nc(NCc2ccccc2)cc(-c2ccco2)n1. The molecule has 0 saturated carbocycles. The zero-order valence-corrected chi connectivity index (χ0v) is 10.8. The van der Waals surface area contributed by atoms with Crippen LogP contribution in [-0.4, -0.2) is 9.97 Å². The molecular weight excluding hydrogens is 252 g/mol. The predicted molar refractivity (Wildman–Crippen MR) is 77.9 cm³/mol. The van der Waals surface area contributed by atoms with Crippen LogP contribution in [0.1, 0.15) is 5.56 Å². The molecular formula is C15H14N4O. The monoisotopic (exact) mass is 266 g/mol. The first-order valence-electron chi connectivity index (χ1n) is 6.27. The van der Waals surface area contributed by atoms with Crippen LogP contribution in [0.2, 0.25) is 0 Å². The summed E-state index contributed by atoms with van der Waals surface area (Å²) in [7, 11) is 0. The molecule has 0 amide bonds. The van der Waals surface area contributed by atoms with Crippen molar-refractivity contribution in [1.82, 2.24) is 9.97 Å². The second-order valence-electron chi connectivity index (χ2n) is 4.31. The van der Waals surface area contributed by atoms with Crippen molar-refractivity contribution < 1.29 is 4.42 Å². The number of nitrogens with one attached hydrogen (secondary N) is 1. The molecule has 0 aliphatic rings. The van der Waals surface area contributed by atoms with Gasteiger partial charge in [0.1, 0.15) is 11.5 Å². The van der Waals surface area contributed by atoms with Crippen LogP contribution in [0.5, 0.6) is 0 Å². The Kier molecular flexibility index (Phi) is 3.33. The van der Waals surface area contributed by atoms with E-state index < -0.39 is 0 Å². The molecule has 2 aromatic heterocycles. The van der Waals surface area contributed by atoms with E-state index in [9.17, 15) is 0 Å². The predicted octanol–water partition coefficient (Wildman–Crippen LogP) is 2.93. The first-order valence-corrected chi connectivity index (χ1v) is 6.27. The van der Waals surface area contributed by atoms with Crippen LogP contribution in [0, 0.1) is 0 Å². The van der Waals surface area contributed by atoms with E-state index in [-0.39, 0.29) is 5.95 Å². The van der Waals surface area contributed by atoms with Gasteiger partial charge in [0.25, 0.3) is 0 Å². The third-order valence-corrected chi connectivity index (χ3v) is 2.83. The maximum Gasteiger partial charge on any atom is 0.222 e. The Labute approximate surface area is 116 Å². The normalized spacial score (nSPS) is 10.4. The number of benzene rings is 1. The first-order chi connectivity index (χ1) is 9.81. The summed E-state index contributed by atoms with van der Waals surface area (Å²) >= 11 is 0. The lowest BCUT2D eigenvalue weighted by Crippen LogP contribution is -2.05. The number of hydrogen-bond acceptors (Lipinski definition) is 5. The van der Waals surface area contributed by atoms with Gasteiger partial charge in [-0.25, -0.2) is 4.98 Å². The number of furan rings is 1. The molecule has 20 heavy (non-hydrogen) atoms. The van der Waals surface area contributed by atoms with Crippen molar-refractivity contribution in [2.45, 2.75) is 6.54 Å². The van der Waals surface area contributed by atoms with E-state index in [2.05, 4.69) is 15.3 Å². The first kappa shape index (κ1) is 12.2. The van der Waals surface area contributed by atoms with Gasteiger partial charge in [0, 0.05) is 12.6 Å². The van der Waals surface area contributed by atoms with Crippen LogP contribution in [0.25, 0.3) is 11.5 Å². The number of hydrogen-bond donors (Lipinski definition) is 2. The average Bonchev–Trinajstić information content (AvgIpc) is 3.00. The van der Waals surface area contributed by atoms with Gasteiger partial charge in [0.05, 0.1) is 6.26 Å². The maximum absolute atomic E-state index is 5.73. The van der Waals surface area contributed by atoms with Crippen molar-refractivity contribution in [3.05, 3.63) is 60.4 Å². The standard InChI is InChI=1S/C15H14N4O/c16-15-18-12(13-7-4-8-20-13)9-14(19-15)17-10-11-5-2-1-3-6-11/h1-9H,10H2,(H3,16,17,18,19). The lowest BCUT2D eigenvalue weighted by atomic mass is 10.2. The van der Waals surface area contributed by atoms with Gasteiger partial charge in [-0.3, -0.25) is 0 Å². The summed E-state index contributed by atoms with van der Waals surface area (Å²) < 4.78 is 5.32. The second-order valence-corrected chi connectivity index (χ2v) is 4.31. The molecule has 0 radical (unpaired) electrons. The second kappa shape index (κ2) is 5.44. The van der Waals surface area contributed by atoms with E-state index in [0.29, 0.717) is 23.8 Å². The minimum Gasteiger partial charge on any atom is -0.463 e. The molecule has 0 saturated heterocycles. The van der Waals surface area contributed by atoms with Gasteiger partial charge in [-0.1, -0.05) is 30.3 Å². The summed E-state index contributed by atoms with van der Waals surface area (Å²) in [5.74, 6) is 1.56. The van der Waals surface area contributed by atoms with E-state index in [1.54, 1.807) is 6.26 Å². The summed E-state index contributed by atoms with van der Waals surface area (Å²) in [5, 5.41) is 3.23. The van der Waals surface area contributed by atoms with Crippen LogP contribution in [-0.2, 0) is 6.54 Å². The lowest BCUT2D eigenvalue weighted by molar-refractivity contribution is 0.580. The third-order valence-electron chi connectivity index (χ3n) is 2.83. The Hall–Kier alpha value is -2.82. The molecule has 1 aromatic carbocycles. The molecule has 0 bridgehead atoms. The molecule has 100 valence electrons. The van der Waals surface area contributed by atoms with Crippen molar-refractivity contribution in [2.75, 3.05) is 11.1 Å². The zero-order chi connectivity index (χ0) is 13.8. The molecule has 0 aliphatic heterocycles. The molecule has 0 atom stereocenters. The molecule has 3 aromatic rings. The molecule has 0 spiro atoms. The van der Waals surface area contributed by atoms with Crippen molar-refractivity contribution >= 4 is 11.8 Å². The highest BCUT2D eigenvalue weighted by Gasteiger charge is 2.07. The summed E-state index contributed by atoms with van der Waals surface area (Å²) in [5.41, 5.74) is 7.57. The summed E-state index contributed by atoms with van der Waals surface area (Å²) in [6, 6.07) is 15.5. The van der Waals surface area contributed by atoms with E-state index in [1.807, 2.05) is 48.5 Å². The highest BCUT2D eigenvalue weighted by Crippen LogP contribution is 2.21. The van der Waals surface area contributed by atoms with Crippen LogP contribution in [0.15, 0.2) is 59.2 Å². The molecule has 5 nitrogen and oxygen atoms in total. The van der Waals surface area contributed by atoms with Gasteiger partial charge in [-0.05, 0) is 17.7 Å². The van der Waals surface area contributed by atoms with E-state index in [0.717, 1.165) is 0 Å². The van der Waals surface area contributed by atoms with Crippen LogP contribution in [0.3, 0.4) is 0 Å². The molecule has 0 fully saturated rings. The number of nitrogens with zero attached hydrogens (tertiary/aromatic N) is 2. The number of nitrogen functional groups attached to an aromatic ring is 1. The number of anilines is 2. The van der Waals surface area contributed by atoms with Gasteiger partial charge in [-0.15, -0.1) is 0 Å². The molecule has 3 rings (SSSR count).